The van der Waals surface area contributed by atoms with Gasteiger partial charge in [0, 0.05) is 16.5 Å². The van der Waals surface area contributed by atoms with Crippen LogP contribution in [0.5, 0.6) is 5.75 Å². The van der Waals surface area contributed by atoms with Crippen molar-refractivity contribution < 1.29 is 19.1 Å². The van der Waals surface area contributed by atoms with Gasteiger partial charge in [-0.2, -0.15) is 0 Å². The number of ether oxygens (including phenoxy) is 1. The average Bonchev–Trinajstić information content (AvgIpc) is 2.57. The number of carbonyl (C=O) groups is 1. The van der Waals surface area contributed by atoms with Crippen molar-refractivity contribution in [3.63, 3.8) is 0 Å². The van der Waals surface area contributed by atoms with Crippen molar-refractivity contribution in [1.82, 2.24) is 0 Å². The predicted molar refractivity (Wildman–Crippen MR) is 97.5 cm³/mol. The van der Waals surface area contributed by atoms with E-state index in [0.29, 0.717) is 16.9 Å². The Labute approximate surface area is 147 Å². The number of hydrogen-bond donors (Lipinski definition) is 1. The van der Waals surface area contributed by atoms with Crippen LogP contribution in [0.2, 0.25) is 0 Å². The molecule has 0 spiro atoms. The number of carboxylic acids is 1. The normalized spacial score (nSPS) is 12.3. The lowest BCUT2D eigenvalue weighted by atomic mass is 9.99. The number of unbranched alkanes of at least 4 members (excludes halogenated alkanes) is 3. The first kappa shape index (κ1) is 19.0. The van der Waals surface area contributed by atoms with Gasteiger partial charge in [0.2, 0.25) is 0 Å². The Hall–Kier alpha value is -2.30. The second kappa shape index (κ2) is 8.19. The molecule has 1 atom stereocenters. The zero-order valence-electron chi connectivity index (χ0n) is 15.3. The van der Waals surface area contributed by atoms with E-state index in [1.165, 1.54) is 13.3 Å². The number of hydrogen-bond acceptors (Lipinski definition) is 4. The van der Waals surface area contributed by atoms with Gasteiger partial charge >= 0.3 is 11.6 Å². The highest BCUT2D eigenvalue weighted by Crippen LogP contribution is 2.30. The first-order valence-electron chi connectivity index (χ1n) is 8.82. The topological polar surface area (TPSA) is 76.7 Å². The van der Waals surface area contributed by atoms with Crippen LogP contribution < -0.4 is 10.4 Å². The molecule has 5 heteroatoms. The van der Waals surface area contributed by atoms with Crippen LogP contribution in [0.4, 0.5) is 0 Å². The zero-order valence-corrected chi connectivity index (χ0v) is 15.3. The maximum Gasteiger partial charge on any atom is 0.344 e. The Morgan fingerprint density at radius 3 is 2.56 bits per heavy atom. The summed E-state index contributed by atoms with van der Waals surface area (Å²) in [7, 11) is 0. The standard InChI is InChI=1S/C20H26O5/c1-5-6-7-8-9-16-12(2)15-10-11-17(24-14(4)19(21)22)13(3)18(15)25-20(16)23/h10-11,14H,5-9H2,1-4H3,(H,21,22)/t14-/m1/s1. The maximum atomic E-state index is 12.4. The van der Waals surface area contributed by atoms with Crippen LogP contribution in [0.15, 0.2) is 21.3 Å². The van der Waals surface area contributed by atoms with Crippen LogP contribution in [0.1, 0.15) is 56.2 Å². The van der Waals surface area contributed by atoms with Crippen LogP contribution in [-0.4, -0.2) is 17.2 Å². The van der Waals surface area contributed by atoms with E-state index in [2.05, 4.69) is 6.92 Å². The van der Waals surface area contributed by atoms with Gasteiger partial charge in [-0.05, 0) is 51.3 Å². The molecule has 136 valence electrons. The lowest BCUT2D eigenvalue weighted by molar-refractivity contribution is -0.144. The van der Waals surface area contributed by atoms with Gasteiger partial charge in [-0.15, -0.1) is 0 Å². The second-order valence-corrected chi connectivity index (χ2v) is 6.47. The summed E-state index contributed by atoms with van der Waals surface area (Å²) in [6, 6.07) is 3.57. The number of rotatable bonds is 8. The largest absolute Gasteiger partial charge is 0.479 e. The molecule has 1 aromatic heterocycles. The Bertz CT molecular complexity index is 819. The molecule has 1 heterocycles. The van der Waals surface area contributed by atoms with Crippen molar-refractivity contribution in [2.75, 3.05) is 0 Å². The summed E-state index contributed by atoms with van der Waals surface area (Å²) in [4.78, 5) is 23.4. The van der Waals surface area contributed by atoms with E-state index in [9.17, 15) is 9.59 Å². The summed E-state index contributed by atoms with van der Waals surface area (Å²) in [6.07, 6.45) is 4.15. The molecule has 2 rings (SSSR count). The molecule has 0 saturated heterocycles. The first-order chi connectivity index (χ1) is 11.9. The third-order valence-corrected chi connectivity index (χ3v) is 4.59. The van der Waals surface area contributed by atoms with E-state index in [4.69, 9.17) is 14.3 Å². The maximum absolute atomic E-state index is 12.4. The van der Waals surface area contributed by atoms with Crippen LogP contribution in [-0.2, 0) is 11.2 Å². The molecular weight excluding hydrogens is 320 g/mol. The SMILES string of the molecule is CCCCCCc1c(C)c2ccc(O[C@H](C)C(=O)O)c(C)c2oc1=O. The summed E-state index contributed by atoms with van der Waals surface area (Å²) >= 11 is 0. The zero-order chi connectivity index (χ0) is 18.6. The van der Waals surface area contributed by atoms with Gasteiger partial charge in [0.05, 0.1) is 0 Å². The highest BCUT2D eigenvalue weighted by molar-refractivity contribution is 5.85. The number of aliphatic carboxylic acids is 1. The molecule has 1 aromatic carbocycles. The fourth-order valence-corrected chi connectivity index (χ4v) is 2.96. The minimum atomic E-state index is -1.04. The van der Waals surface area contributed by atoms with Crippen LogP contribution in [0, 0.1) is 13.8 Å². The molecule has 0 saturated carbocycles. The Balaban J connectivity index is 2.39. The molecule has 1 N–H and O–H groups in total. The molecule has 0 aliphatic heterocycles. The van der Waals surface area contributed by atoms with Gasteiger partial charge in [0.25, 0.3) is 0 Å². The third-order valence-electron chi connectivity index (χ3n) is 4.59. The first-order valence-corrected chi connectivity index (χ1v) is 8.82. The third kappa shape index (κ3) is 4.21. The fourth-order valence-electron chi connectivity index (χ4n) is 2.96. The van der Waals surface area contributed by atoms with Crippen molar-refractivity contribution in [2.45, 2.75) is 65.9 Å². The van der Waals surface area contributed by atoms with Gasteiger partial charge in [0.15, 0.2) is 6.10 Å². The lowest BCUT2D eigenvalue weighted by Gasteiger charge is -2.15. The van der Waals surface area contributed by atoms with Crippen LogP contribution >= 0.6 is 0 Å². The van der Waals surface area contributed by atoms with Crippen molar-refractivity contribution in [1.29, 1.82) is 0 Å². The molecule has 5 nitrogen and oxygen atoms in total. The lowest BCUT2D eigenvalue weighted by Crippen LogP contribution is -2.23. The molecule has 0 aliphatic carbocycles. The summed E-state index contributed by atoms with van der Waals surface area (Å²) < 4.78 is 11.0. The number of benzene rings is 1. The fraction of sp³-hybridized carbons (Fsp3) is 0.500. The molecule has 0 unspecified atom stereocenters. The molecule has 0 amide bonds. The van der Waals surface area contributed by atoms with Crippen molar-refractivity contribution in [3.05, 3.63) is 39.2 Å². The smallest absolute Gasteiger partial charge is 0.344 e. The van der Waals surface area contributed by atoms with Gasteiger partial charge in [-0.25, -0.2) is 9.59 Å². The summed E-state index contributed by atoms with van der Waals surface area (Å²) in [6.45, 7) is 7.33. The Morgan fingerprint density at radius 2 is 1.92 bits per heavy atom. The van der Waals surface area contributed by atoms with E-state index in [1.807, 2.05) is 13.0 Å². The van der Waals surface area contributed by atoms with Gasteiger partial charge in [-0.1, -0.05) is 26.2 Å². The molecule has 25 heavy (non-hydrogen) atoms. The number of carboxylic acid groups (broad SMARTS) is 1. The molecular formula is C20H26O5. The molecule has 0 fully saturated rings. The Kier molecular flexibility index (Phi) is 6.23. The van der Waals surface area contributed by atoms with Crippen molar-refractivity contribution in [3.8, 4) is 5.75 Å². The van der Waals surface area contributed by atoms with E-state index in [-0.39, 0.29) is 5.63 Å². The predicted octanol–water partition coefficient (Wildman–Crippen LogP) is 4.38. The Morgan fingerprint density at radius 1 is 1.20 bits per heavy atom. The van der Waals surface area contributed by atoms with Crippen molar-refractivity contribution >= 4 is 16.9 Å². The minimum absolute atomic E-state index is 0.312. The van der Waals surface area contributed by atoms with E-state index >= 15 is 0 Å². The highest BCUT2D eigenvalue weighted by Gasteiger charge is 2.18. The van der Waals surface area contributed by atoms with Crippen molar-refractivity contribution in [2.24, 2.45) is 0 Å². The monoisotopic (exact) mass is 346 g/mol. The van der Waals surface area contributed by atoms with Gasteiger partial charge in [0.1, 0.15) is 11.3 Å². The molecule has 0 aliphatic rings. The van der Waals surface area contributed by atoms with Crippen LogP contribution in [0.3, 0.4) is 0 Å². The highest BCUT2D eigenvalue weighted by atomic mass is 16.5. The quantitative estimate of drug-likeness (QED) is 0.567. The van der Waals surface area contributed by atoms with E-state index < -0.39 is 12.1 Å². The molecule has 2 aromatic rings. The van der Waals surface area contributed by atoms with E-state index in [1.54, 1.807) is 13.0 Å². The number of aryl methyl sites for hydroxylation is 2. The second-order valence-electron chi connectivity index (χ2n) is 6.47. The number of fused-ring (bicyclic) bond motifs is 1. The summed E-state index contributed by atoms with van der Waals surface area (Å²) in [5, 5.41) is 9.87. The van der Waals surface area contributed by atoms with Gasteiger partial charge < -0.3 is 14.3 Å². The minimum Gasteiger partial charge on any atom is -0.479 e. The van der Waals surface area contributed by atoms with Crippen LogP contribution in [0.25, 0.3) is 11.0 Å². The molecule has 0 bridgehead atoms. The average molecular weight is 346 g/mol. The van der Waals surface area contributed by atoms with Gasteiger partial charge in [-0.3, -0.25) is 0 Å². The van der Waals surface area contributed by atoms with E-state index in [0.717, 1.165) is 42.2 Å². The summed E-state index contributed by atoms with van der Waals surface area (Å²) in [5.41, 5.74) is 2.46. The molecule has 0 radical (unpaired) electrons. The summed E-state index contributed by atoms with van der Waals surface area (Å²) in [5.74, 6) is -0.625.